The molecule has 5 N–H and O–H groups in total. The quantitative estimate of drug-likeness (QED) is 0.255. The number of nitrogens with zero attached hydrogens (tertiary/aromatic N) is 1. The average Bonchev–Trinajstić information content (AvgIpc) is 3.59. The number of aliphatic imine (C=N–C) groups is 1. The highest BCUT2D eigenvalue weighted by Gasteiger charge is 2.23. The molecule has 0 saturated heterocycles. The normalized spacial score (nSPS) is 16.9. The molecule has 4 heterocycles. The molecule has 2 aliphatic heterocycles. The summed E-state index contributed by atoms with van der Waals surface area (Å²) in [5.41, 5.74) is 7.97. The Labute approximate surface area is 248 Å². The third-order valence-corrected chi connectivity index (χ3v) is 7.87. The van der Waals surface area contributed by atoms with Crippen LogP contribution < -0.4 is 16.0 Å². The summed E-state index contributed by atoms with van der Waals surface area (Å²) < 4.78 is 0. The van der Waals surface area contributed by atoms with Crippen molar-refractivity contribution in [3.63, 3.8) is 0 Å². The molecule has 0 spiro atoms. The predicted octanol–water partition coefficient (Wildman–Crippen LogP) is 3.06. The van der Waals surface area contributed by atoms with Crippen LogP contribution in [0, 0.1) is 13.8 Å². The molecule has 0 aromatic carbocycles. The first-order valence-corrected chi connectivity index (χ1v) is 13.8. The number of carboxylic acid groups (broad SMARTS) is 2. The Kier molecular flexibility index (Phi) is 8.80. The van der Waals surface area contributed by atoms with E-state index in [1.165, 1.54) is 6.08 Å². The molecule has 222 valence electrons. The third kappa shape index (κ3) is 6.18. The van der Waals surface area contributed by atoms with Crippen LogP contribution in [0.4, 0.5) is 0 Å². The van der Waals surface area contributed by atoms with Gasteiger partial charge in [0, 0.05) is 51.6 Å². The van der Waals surface area contributed by atoms with Gasteiger partial charge >= 0.3 is 11.9 Å². The lowest BCUT2D eigenvalue weighted by Crippen LogP contribution is -2.15. The number of hydrogen-bond acceptors (Lipinski definition) is 4. The van der Waals surface area contributed by atoms with E-state index < -0.39 is 11.9 Å². The number of allylic oxidation sites excluding steroid dienone is 2. The van der Waals surface area contributed by atoms with E-state index >= 15 is 0 Å². The second-order valence-electron chi connectivity index (χ2n) is 10.5. The maximum Gasteiger partial charge on any atom is 0.303 e. The van der Waals surface area contributed by atoms with Crippen LogP contribution >= 0.6 is 0 Å². The van der Waals surface area contributed by atoms with Crippen LogP contribution in [-0.2, 0) is 32.0 Å². The summed E-state index contributed by atoms with van der Waals surface area (Å²) in [6.07, 6.45) is 8.80. The lowest BCUT2D eigenvalue weighted by Gasteiger charge is -2.02. The molecule has 0 radical (unpaired) electrons. The standard InChI is InChI=1S/C33H34N4O6/c1-7-20-19(6)32(42)37-27(20)14-25-18(5)23(10-12-31(40)41)29(35-25)15-28-22(9-11-30(38)39)17(4)24(34-28)13-26-16(3)21(8-2)33(43)36-26/h7-8,13-15,34-35H,1-2,9-12H2,3-6H3,(H,37,42)(H,38,39)(H,40,41)/b24-13-,27-14-,28-15-/i15+1. The number of carbonyl (C=O) groups excluding carboxylic acids is 2. The molecule has 43 heavy (non-hydrogen) atoms. The van der Waals surface area contributed by atoms with E-state index in [1.54, 1.807) is 32.1 Å². The molecule has 0 fully saturated rings. The molecule has 10 nitrogen and oxygen atoms in total. The predicted molar refractivity (Wildman–Crippen MR) is 165 cm³/mol. The fourth-order valence-electron chi connectivity index (χ4n) is 5.34. The number of aliphatic carboxylic acids is 2. The van der Waals surface area contributed by atoms with Crippen molar-refractivity contribution >= 4 is 47.7 Å². The van der Waals surface area contributed by atoms with E-state index in [2.05, 4.69) is 33.4 Å². The Hall–Kier alpha value is -5.25. The molecule has 2 amide bonds. The van der Waals surface area contributed by atoms with Crippen molar-refractivity contribution in [3.8, 4) is 0 Å². The minimum Gasteiger partial charge on any atom is -0.481 e. The van der Waals surface area contributed by atoms with Gasteiger partial charge in [0.15, 0.2) is 0 Å². The summed E-state index contributed by atoms with van der Waals surface area (Å²) in [6.45, 7) is 14.8. The van der Waals surface area contributed by atoms with Crippen LogP contribution in [-0.4, -0.2) is 49.6 Å². The van der Waals surface area contributed by atoms with Crippen LogP contribution in [0.3, 0.4) is 0 Å². The lowest BCUT2D eigenvalue weighted by molar-refractivity contribution is -0.138. The maximum atomic E-state index is 12.3. The maximum absolute atomic E-state index is 12.3. The molecule has 0 atom stereocenters. The SMILES string of the molecule is C=CC1=C(C)C(/C=c2\[nH]/c(=[13CH]\c3[nH]c(/C=C4\NC(=O)C(C)=C4C=C)c(C)c3CCC(=O)O)c(CCC(=O)O)c2C)=NC1=O. The summed E-state index contributed by atoms with van der Waals surface area (Å²) in [4.78, 5) is 58.4. The summed E-state index contributed by atoms with van der Waals surface area (Å²) in [5.74, 6) is -2.46. The molecule has 2 aliphatic rings. The second-order valence-corrected chi connectivity index (χ2v) is 10.5. The molecule has 10 heteroatoms. The van der Waals surface area contributed by atoms with Gasteiger partial charge in [-0.2, -0.15) is 0 Å². The van der Waals surface area contributed by atoms with Gasteiger partial charge in [0.2, 0.25) is 0 Å². The lowest BCUT2D eigenvalue weighted by atomic mass is 10.0. The number of carbonyl (C=O) groups is 4. The van der Waals surface area contributed by atoms with Crippen LogP contribution in [0.5, 0.6) is 0 Å². The number of nitrogens with one attached hydrogen (secondary N) is 3. The Morgan fingerprint density at radius 1 is 0.767 bits per heavy atom. The van der Waals surface area contributed by atoms with Gasteiger partial charge in [0.1, 0.15) is 0 Å². The van der Waals surface area contributed by atoms with Crippen LogP contribution in [0.25, 0.3) is 18.2 Å². The van der Waals surface area contributed by atoms with Crippen molar-refractivity contribution in [2.24, 2.45) is 4.99 Å². The zero-order valence-corrected chi connectivity index (χ0v) is 24.6. The van der Waals surface area contributed by atoms with Gasteiger partial charge in [0.05, 0.1) is 11.4 Å². The van der Waals surface area contributed by atoms with E-state index in [0.29, 0.717) is 55.8 Å². The molecule has 0 unspecified atom stereocenters. The zero-order valence-electron chi connectivity index (χ0n) is 24.6. The minimum absolute atomic E-state index is 0.0943. The smallest absolute Gasteiger partial charge is 0.303 e. The highest BCUT2D eigenvalue weighted by atomic mass is 16.4. The minimum atomic E-state index is -0.941. The van der Waals surface area contributed by atoms with Gasteiger partial charge < -0.3 is 25.5 Å². The first-order valence-electron chi connectivity index (χ1n) is 13.8. The number of aromatic amines is 2. The first kappa shape index (κ1) is 30.7. The van der Waals surface area contributed by atoms with Crippen molar-refractivity contribution < 1.29 is 29.4 Å². The Morgan fingerprint density at radius 3 is 1.98 bits per heavy atom. The van der Waals surface area contributed by atoms with Crippen molar-refractivity contribution in [2.75, 3.05) is 0 Å². The van der Waals surface area contributed by atoms with Gasteiger partial charge in [-0.1, -0.05) is 25.3 Å². The molecule has 2 aromatic heterocycles. The Balaban J connectivity index is 1.92. The van der Waals surface area contributed by atoms with E-state index in [-0.39, 0.29) is 37.5 Å². The Bertz CT molecular complexity index is 1860. The zero-order chi connectivity index (χ0) is 31.6. The van der Waals surface area contributed by atoms with Crippen molar-refractivity contribution in [2.45, 2.75) is 53.4 Å². The van der Waals surface area contributed by atoms with Gasteiger partial charge in [-0.05, 0) is 86.6 Å². The summed E-state index contributed by atoms with van der Waals surface area (Å²) in [5, 5.41) is 23.0. The topological polar surface area (TPSA) is 165 Å². The number of aromatic nitrogens is 2. The fraction of sp³-hybridized carbons (Fsp3) is 0.242. The number of H-pyrrole nitrogens is 2. The van der Waals surface area contributed by atoms with E-state index in [4.69, 9.17) is 0 Å². The highest BCUT2D eigenvalue weighted by molar-refractivity contribution is 6.31. The molecule has 0 saturated carbocycles. The van der Waals surface area contributed by atoms with E-state index in [0.717, 1.165) is 22.3 Å². The van der Waals surface area contributed by atoms with Crippen LogP contribution in [0.15, 0.2) is 58.3 Å². The molecule has 4 rings (SSSR count). The van der Waals surface area contributed by atoms with Gasteiger partial charge in [0.25, 0.3) is 11.8 Å². The van der Waals surface area contributed by atoms with Crippen molar-refractivity contribution in [1.82, 2.24) is 15.3 Å². The average molecular weight is 584 g/mol. The fourth-order valence-corrected chi connectivity index (χ4v) is 5.34. The first-order chi connectivity index (χ1) is 20.4. The Morgan fingerprint density at radius 2 is 1.40 bits per heavy atom. The molecule has 0 bridgehead atoms. The van der Waals surface area contributed by atoms with Gasteiger partial charge in [-0.15, -0.1) is 0 Å². The molecular weight excluding hydrogens is 549 g/mol. The van der Waals surface area contributed by atoms with Crippen LogP contribution in [0.2, 0.25) is 0 Å². The van der Waals surface area contributed by atoms with Crippen molar-refractivity contribution in [3.05, 3.63) is 97.6 Å². The third-order valence-electron chi connectivity index (χ3n) is 7.87. The molecule has 2 aromatic rings. The van der Waals surface area contributed by atoms with Gasteiger partial charge in [-0.25, -0.2) is 4.99 Å². The van der Waals surface area contributed by atoms with Crippen molar-refractivity contribution in [1.29, 1.82) is 0 Å². The highest BCUT2D eigenvalue weighted by Crippen LogP contribution is 2.27. The van der Waals surface area contributed by atoms with Crippen LogP contribution in [0.1, 0.15) is 60.3 Å². The number of rotatable bonds is 11. The van der Waals surface area contributed by atoms with E-state index in [1.807, 2.05) is 19.9 Å². The summed E-state index contributed by atoms with van der Waals surface area (Å²) >= 11 is 0. The number of hydrogen-bond donors (Lipinski definition) is 5. The number of amides is 2. The molecular formula is C33H34N4O6. The van der Waals surface area contributed by atoms with E-state index in [9.17, 15) is 29.4 Å². The molecule has 0 aliphatic carbocycles. The summed E-state index contributed by atoms with van der Waals surface area (Å²) in [6, 6.07) is 0. The second kappa shape index (κ2) is 12.3. The number of carboxylic acids is 2. The monoisotopic (exact) mass is 583 g/mol. The van der Waals surface area contributed by atoms with Gasteiger partial charge in [-0.3, -0.25) is 19.2 Å². The largest absolute Gasteiger partial charge is 0.481 e. The summed E-state index contributed by atoms with van der Waals surface area (Å²) in [7, 11) is 0.